The molecule has 1 heterocycles. The van der Waals surface area contributed by atoms with Crippen molar-refractivity contribution in [3.05, 3.63) is 77.0 Å². The average Bonchev–Trinajstić information content (AvgIpc) is 2.62. The van der Waals surface area contributed by atoms with Gasteiger partial charge in [-0.2, -0.15) is 0 Å². The van der Waals surface area contributed by atoms with Crippen LogP contribution in [-0.4, -0.2) is 16.8 Å². The molecule has 1 amide bonds. The van der Waals surface area contributed by atoms with Crippen LogP contribution in [0.15, 0.2) is 65.9 Å². The molecule has 1 aliphatic carbocycles. The van der Waals surface area contributed by atoms with Gasteiger partial charge >= 0.3 is 0 Å². The summed E-state index contributed by atoms with van der Waals surface area (Å²) < 4.78 is 0. The van der Waals surface area contributed by atoms with E-state index >= 15 is 0 Å². The second-order valence-corrected chi connectivity index (χ2v) is 6.73. The van der Waals surface area contributed by atoms with Gasteiger partial charge in [0.05, 0.1) is 0 Å². The number of allylic oxidation sites excluding steroid dienone is 2. The van der Waals surface area contributed by atoms with Crippen molar-refractivity contribution in [3.63, 3.8) is 0 Å². The van der Waals surface area contributed by atoms with Gasteiger partial charge in [0, 0.05) is 30.0 Å². The Balaban J connectivity index is 1.71. The number of carbonyl (C=O) groups excluding carboxylic acids is 2. The van der Waals surface area contributed by atoms with E-state index in [2.05, 4.69) is 5.32 Å². The number of carbonyl (C=O) groups is 2. The van der Waals surface area contributed by atoms with Gasteiger partial charge in [0.1, 0.15) is 5.75 Å². The molecule has 2 unspecified atom stereocenters. The van der Waals surface area contributed by atoms with Gasteiger partial charge in [0.15, 0.2) is 5.78 Å². The van der Waals surface area contributed by atoms with E-state index in [0.717, 1.165) is 22.4 Å². The van der Waals surface area contributed by atoms with Crippen LogP contribution in [0.2, 0.25) is 0 Å². The molecule has 0 bridgehead atoms. The molecule has 4 nitrogen and oxygen atoms in total. The molecule has 0 saturated heterocycles. The van der Waals surface area contributed by atoms with Crippen molar-refractivity contribution in [3.8, 4) is 5.75 Å². The maximum absolute atomic E-state index is 12.9. The Hall–Kier alpha value is -2.88. The normalized spacial score (nSPS) is 23.2. The van der Waals surface area contributed by atoms with Gasteiger partial charge in [-0.3, -0.25) is 9.59 Å². The van der Waals surface area contributed by atoms with Gasteiger partial charge in [-0.05, 0) is 35.6 Å². The van der Waals surface area contributed by atoms with Crippen molar-refractivity contribution in [1.82, 2.24) is 5.32 Å². The topological polar surface area (TPSA) is 66.4 Å². The minimum Gasteiger partial charge on any atom is -0.508 e. The highest BCUT2D eigenvalue weighted by atomic mass is 16.3. The van der Waals surface area contributed by atoms with E-state index in [4.69, 9.17) is 0 Å². The van der Waals surface area contributed by atoms with Crippen molar-refractivity contribution in [2.45, 2.75) is 31.1 Å². The summed E-state index contributed by atoms with van der Waals surface area (Å²) in [5.41, 5.74) is 3.52. The quantitative estimate of drug-likeness (QED) is 0.885. The highest BCUT2D eigenvalue weighted by molar-refractivity contribution is 6.02. The maximum atomic E-state index is 12.9. The third kappa shape index (κ3) is 2.95. The number of hydrogen-bond donors (Lipinski definition) is 2. The molecule has 2 atom stereocenters. The van der Waals surface area contributed by atoms with Gasteiger partial charge in [-0.25, -0.2) is 0 Å². The standard InChI is InChI=1S/C21H19NO3/c23-16-8-6-14(7-9-16)17-12-20(25)22-18-10-15(11-19(24)21(17)18)13-4-2-1-3-5-13/h1-9,15,17,23H,10-12H2,(H,22,25). The van der Waals surface area contributed by atoms with E-state index < -0.39 is 0 Å². The first-order valence-electron chi connectivity index (χ1n) is 8.52. The van der Waals surface area contributed by atoms with Gasteiger partial charge in [0.2, 0.25) is 5.91 Å². The second kappa shape index (κ2) is 6.20. The first-order valence-corrected chi connectivity index (χ1v) is 8.52. The highest BCUT2D eigenvalue weighted by Crippen LogP contribution is 2.42. The molecule has 2 N–H and O–H groups in total. The minimum absolute atomic E-state index is 0.0571. The Morgan fingerprint density at radius 2 is 1.56 bits per heavy atom. The lowest BCUT2D eigenvalue weighted by Gasteiger charge is -2.34. The van der Waals surface area contributed by atoms with Crippen LogP contribution in [0, 0.1) is 0 Å². The summed E-state index contributed by atoms with van der Waals surface area (Å²) in [6.45, 7) is 0. The predicted octanol–water partition coefficient (Wildman–Crippen LogP) is 3.40. The van der Waals surface area contributed by atoms with Crippen molar-refractivity contribution in [1.29, 1.82) is 0 Å². The summed E-state index contributed by atoms with van der Waals surface area (Å²) in [5, 5.41) is 12.4. The van der Waals surface area contributed by atoms with Crippen molar-refractivity contribution in [2.24, 2.45) is 0 Å². The van der Waals surface area contributed by atoms with Gasteiger partial charge < -0.3 is 10.4 Å². The summed E-state index contributed by atoms with van der Waals surface area (Å²) in [4.78, 5) is 25.1. The van der Waals surface area contributed by atoms with Gasteiger partial charge in [-0.15, -0.1) is 0 Å². The van der Waals surface area contributed by atoms with Crippen molar-refractivity contribution in [2.75, 3.05) is 0 Å². The van der Waals surface area contributed by atoms with Crippen LogP contribution in [-0.2, 0) is 9.59 Å². The smallest absolute Gasteiger partial charge is 0.225 e. The molecule has 2 aliphatic rings. The lowest BCUT2D eigenvalue weighted by molar-refractivity contribution is -0.122. The Labute approximate surface area is 146 Å². The number of phenols is 1. The number of benzene rings is 2. The minimum atomic E-state index is -0.228. The summed E-state index contributed by atoms with van der Waals surface area (Å²) in [5.74, 6) is 0.101. The zero-order valence-electron chi connectivity index (χ0n) is 13.7. The van der Waals surface area contributed by atoms with E-state index in [1.54, 1.807) is 24.3 Å². The molecule has 4 rings (SSSR count). The zero-order valence-corrected chi connectivity index (χ0v) is 13.7. The number of phenolic OH excluding ortho intramolecular Hbond substituents is 1. The number of hydrogen-bond acceptors (Lipinski definition) is 3. The zero-order chi connectivity index (χ0) is 17.4. The molecular formula is C21H19NO3. The van der Waals surface area contributed by atoms with Gasteiger partial charge in [-0.1, -0.05) is 42.5 Å². The number of rotatable bonds is 2. The highest BCUT2D eigenvalue weighted by Gasteiger charge is 2.38. The van der Waals surface area contributed by atoms with E-state index in [9.17, 15) is 14.7 Å². The molecule has 2 aromatic rings. The number of Topliss-reactive ketones (excluding diaryl/α,β-unsaturated/α-hetero) is 1. The van der Waals surface area contributed by atoms with Gasteiger partial charge in [0.25, 0.3) is 0 Å². The average molecular weight is 333 g/mol. The Morgan fingerprint density at radius 1 is 0.840 bits per heavy atom. The molecule has 1 aliphatic heterocycles. The van der Waals surface area contributed by atoms with Crippen LogP contribution in [0.5, 0.6) is 5.75 Å². The van der Waals surface area contributed by atoms with Crippen LogP contribution in [0.3, 0.4) is 0 Å². The van der Waals surface area contributed by atoms with E-state index in [0.29, 0.717) is 12.8 Å². The molecule has 0 fully saturated rings. The fourth-order valence-corrected chi connectivity index (χ4v) is 3.91. The van der Waals surface area contributed by atoms with Crippen LogP contribution in [0.25, 0.3) is 0 Å². The molecule has 0 saturated carbocycles. The molecule has 2 aromatic carbocycles. The summed E-state index contributed by atoms with van der Waals surface area (Å²) in [7, 11) is 0. The number of nitrogens with one attached hydrogen (secondary N) is 1. The summed E-state index contributed by atoms with van der Waals surface area (Å²) in [6.07, 6.45) is 1.41. The molecule has 126 valence electrons. The van der Waals surface area contributed by atoms with Crippen molar-refractivity contribution < 1.29 is 14.7 Å². The van der Waals surface area contributed by atoms with E-state index in [-0.39, 0.29) is 35.7 Å². The van der Waals surface area contributed by atoms with Crippen LogP contribution >= 0.6 is 0 Å². The number of ketones is 1. The lowest BCUT2D eigenvalue weighted by atomic mass is 9.73. The third-order valence-corrected chi connectivity index (χ3v) is 5.10. The van der Waals surface area contributed by atoms with Crippen LogP contribution in [0.1, 0.15) is 42.2 Å². The van der Waals surface area contributed by atoms with Crippen LogP contribution in [0.4, 0.5) is 0 Å². The molecule has 25 heavy (non-hydrogen) atoms. The predicted molar refractivity (Wildman–Crippen MR) is 94.1 cm³/mol. The first-order chi connectivity index (χ1) is 12.1. The molecular weight excluding hydrogens is 314 g/mol. The Kier molecular flexibility index (Phi) is 3.88. The third-order valence-electron chi connectivity index (χ3n) is 5.10. The van der Waals surface area contributed by atoms with E-state index in [1.165, 1.54) is 0 Å². The largest absolute Gasteiger partial charge is 0.508 e. The molecule has 0 spiro atoms. The monoisotopic (exact) mass is 333 g/mol. The molecule has 0 radical (unpaired) electrons. The maximum Gasteiger partial charge on any atom is 0.225 e. The van der Waals surface area contributed by atoms with Crippen LogP contribution < -0.4 is 5.32 Å². The Bertz CT molecular complexity index is 852. The fraction of sp³-hybridized carbons (Fsp3) is 0.238. The SMILES string of the molecule is O=C1CC(c2ccc(O)cc2)C2=C(CC(c3ccccc3)CC2=O)N1. The van der Waals surface area contributed by atoms with E-state index in [1.807, 2.05) is 30.3 Å². The summed E-state index contributed by atoms with van der Waals surface area (Å²) >= 11 is 0. The van der Waals surface area contributed by atoms with Crippen molar-refractivity contribution >= 4 is 11.7 Å². The Morgan fingerprint density at radius 3 is 2.28 bits per heavy atom. The molecule has 0 aromatic heterocycles. The fourth-order valence-electron chi connectivity index (χ4n) is 3.91. The molecule has 4 heteroatoms. The lowest BCUT2D eigenvalue weighted by Crippen LogP contribution is -2.38. The number of amides is 1. The number of aromatic hydroxyl groups is 1. The summed E-state index contributed by atoms with van der Waals surface area (Å²) in [6, 6.07) is 16.8. The second-order valence-electron chi connectivity index (χ2n) is 6.73. The first kappa shape index (κ1) is 15.6.